The van der Waals surface area contributed by atoms with Crippen molar-refractivity contribution in [3.8, 4) is 5.75 Å². The molecule has 4 aromatic rings. The van der Waals surface area contributed by atoms with E-state index in [-0.39, 0.29) is 66.9 Å². The van der Waals surface area contributed by atoms with Crippen LogP contribution in [0.5, 0.6) is 5.75 Å². The fraction of sp³-hybridized carbons (Fsp3) is 0.530. The molecule has 14 heteroatoms. The number of hydrogen-bond donors (Lipinski definition) is 3. The van der Waals surface area contributed by atoms with E-state index in [1.54, 1.807) is 54.1 Å². The van der Waals surface area contributed by atoms with Crippen molar-refractivity contribution in [2.45, 2.75) is 162 Å². The van der Waals surface area contributed by atoms with E-state index < -0.39 is 34.9 Å². The van der Waals surface area contributed by atoms with Crippen molar-refractivity contribution in [1.29, 1.82) is 0 Å². The number of rotatable bonds is 26. The van der Waals surface area contributed by atoms with Gasteiger partial charge in [0.25, 0.3) is 5.69 Å². The third kappa shape index (κ3) is 15.4. The van der Waals surface area contributed by atoms with Crippen molar-refractivity contribution in [3.63, 3.8) is 0 Å². The molecule has 0 radical (unpaired) electrons. The number of nitrogens with one attached hydrogen (secondary N) is 3. The Balaban J connectivity index is 0.776. The van der Waals surface area contributed by atoms with Gasteiger partial charge in [-0.1, -0.05) is 138 Å². The minimum Gasteiger partial charge on any atom is -0.429 e. The summed E-state index contributed by atoms with van der Waals surface area (Å²) in [5.41, 5.74) is 4.70. The fourth-order valence-corrected chi connectivity index (χ4v) is 14.3. The second-order valence-corrected chi connectivity index (χ2v) is 24.2. The lowest BCUT2D eigenvalue weighted by molar-refractivity contribution is -0.384. The molecule has 0 bridgehead atoms. The minimum atomic E-state index is -0.997. The van der Waals surface area contributed by atoms with Crippen molar-refractivity contribution < 1.29 is 43.1 Å². The first-order chi connectivity index (χ1) is 38.5. The van der Waals surface area contributed by atoms with Crippen LogP contribution in [-0.4, -0.2) is 59.9 Å². The van der Waals surface area contributed by atoms with E-state index in [1.165, 1.54) is 82.1 Å². The minimum absolute atomic E-state index is 0.0455. The van der Waals surface area contributed by atoms with Crippen LogP contribution in [0.4, 0.5) is 16.2 Å². The molecule has 2 unspecified atom stereocenters. The number of hydrogen-bond acceptors (Lipinski definition) is 10. The van der Waals surface area contributed by atoms with E-state index in [0.717, 1.165) is 53.9 Å². The standard InChI is InChI=1S/C66H84N4O10/c1-44(2)14-12-15-45(3)56-30-31-57-54-29-22-49-41-53(34-36-65(49,4)58(54)35-37-66(56,57)5)78-39-13-38-67-60(71)32-33-61(72)69-59(40-46-16-8-6-9-17-46)63(74)55(48-18-10-7-11-19-48)42-62(73)68-50-23-20-47(21-24-50)43-79-64(75)80-52-27-25-51(26-28-52)70(76)77/h6-11,16-28,44-45,53-59H,12-15,29-43H2,1-5H3,(H,67,71)(H,68,73)(H,69,72)/t45-,53?,54+,55?,56-,57+,58+,59+,65+,66-/m0/s1. The number of ether oxygens (including phenoxy) is 3. The summed E-state index contributed by atoms with van der Waals surface area (Å²) in [6.45, 7) is 13.4. The highest BCUT2D eigenvalue weighted by atomic mass is 16.7. The van der Waals surface area contributed by atoms with E-state index in [0.29, 0.717) is 41.8 Å². The predicted molar refractivity (Wildman–Crippen MR) is 310 cm³/mol. The number of anilines is 1. The van der Waals surface area contributed by atoms with Gasteiger partial charge in [0.1, 0.15) is 12.4 Å². The number of carbonyl (C=O) groups excluding carboxylic acids is 5. The van der Waals surface area contributed by atoms with Gasteiger partial charge in [0, 0.05) is 50.2 Å². The van der Waals surface area contributed by atoms with Gasteiger partial charge in [0.05, 0.1) is 23.0 Å². The molecule has 8 rings (SSSR count). The van der Waals surface area contributed by atoms with Crippen molar-refractivity contribution in [3.05, 3.63) is 148 Å². The number of non-ortho nitro benzene ring substituents is 1. The van der Waals surface area contributed by atoms with Crippen LogP contribution in [0.25, 0.3) is 0 Å². The lowest BCUT2D eigenvalue weighted by Crippen LogP contribution is -2.51. The monoisotopic (exact) mass is 1090 g/mol. The molecule has 0 saturated heterocycles. The molecule has 3 saturated carbocycles. The SMILES string of the molecule is CC(C)CCC[C@H](C)[C@@H]1CC[C@@H]2[C@H]3CC=C4CC(OCCCNC(=O)CCC(=O)N[C@H](Cc5ccccc5)C(=O)C(CC(=O)Nc5ccc(COC(=O)Oc6ccc([N+](=O)[O-])cc6)cc5)c5ccccc5)CC[C@@]4(C)[C@@H]3CC[C@]21C. The van der Waals surface area contributed by atoms with Crippen molar-refractivity contribution >= 4 is 41.0 Å². The van der Waals surface area contributed by atoms with Crippen molar-refractivity contribution in [1.82, 2.24) is 10.6 Å². The molecule has 0 aliphatic heterocycles. The Hall–Kier alpha value is -6.67. The first-order valence-corrected chi connectivity index (χ1v) is 29.5. The summed E-state index contributed by atoms with van der Waals surface area (Å²) in [7, 11) is 0. The lowest BCUT2D eigenvalue weighted by Gasteiger charge is -2.58. The molecule has 3 fully saturated rings. The van der Waals surface area contributed by atoms with Crippen LogP contribution in [0.3, 0.4) is 0 Å². The summed E-state index contributed by atoms with van der Waals surface area (Å²) in [4.78, 5) is 77.6. The van der Waals surface area contributed by atoms with Crippen LogP contribution in [0, 0.1) is 56.5 Å². The summed E-state index contributed by atoms with van der Waals surface area (Å²) >= 11 is 0. The highest BCUT2D eigenvalue weighted by Gasteiger charge is 2.59. The molecule has 4 aliphatic carbocycles. The number of Topliss-reactive ketones (excluding diaryl/α,β-unsaturated/α-hetero) is 1. The number of fused-ring (bicyclic) bond motifs is 5. The topological polar surface area (TPSA) is 192 Å². The van der Waals surface area contributed by atoms with Gasteiger partial charge in [-0.15, -0.1) is 0 Å². The Morgan fingerprint density at radius 2 is 1.46 bits per heavy atom. The zero-order valence-electron chi connectivity index (χ0n) is 47.6. The summed E-state index contributed by atoms with van der Waals surface area (Å²) < 4.78 is 16.8. The molecular weight excluding hydrogens is 1010 g/mol. The zero-order valence-corrected chi connectivity index (χ0v) is 47.6. The van der Waals surface area contributed by atoms with Gasteiger partial charge in [-0.3, -0.25) is 29.3 Å². The first-order valence-electron chi connectivity index (χ1n) is 29.5. The number of benzene rings is 4. The number of ketones is 1. The van der Waals surface area contributed by atoms with Crippen LogP contribution < -0.4 is 20.7 Å². The van der Waals surface area contributed by atoms with E-state index in [4.69, 9.17) is 14.2 Å². The number of carbonyl (C=O) groups is 5. The number of allylic oxidation sites excluding steroid dienone is 1. The van der Waals surface area contributed by atoms with Gasteiger partial charge < -0.3 is 30.2 Å². The summed E-state index contributed by atoms with van der Waals surface area (Å²) in [6, 6.07) is 28.9. The maximum absolute atomic E-state index is 14.6. The van der Waals surface area contributed by atoms with E-state index >= 15 is 0 Å². The third-order valence-electron chi connectivity index (χ3n) is 18.6. The number of nitrogens with zero attached hydrogens (tertiary/aromatic N) is 1. The lowest BCUT2D eigenvalue weighted by atomic mass is 9.47. The number of amides is 3. The highest BCUT2D eigenvalue weighted by Crippen LogP contribution is 2.67. The Bertz CT molecular complexity index is 2770. The molecule has 0 aromatic heterocycles. The van der Waals surface area contributed by atoms with Crippen LogP contribution >= 0.6 is 0 Å². The van der Waals surface area contributed by atoms with Gasteiger partial charge >= 0.3 is 6.16 Å². The quantitative estimate of drug-likeness (QED) is 0.0136. The fourth-order valence-electron chi connectivity index (χ4n) is 14.3. The molecular formula is C66H84N4O10. The second kappa shape index (κ2) is 27.7. The maximum Gasteiger partial charge on any atom is 0.514 e. The summed E-state index contributed by atoms with van der Waals surface area (Å²) in [5.74, 6) is 2.59. The maximum atomic E-state index is 14.6. The molecule has 4 aliphatic rings. The van der Waals surface area contributed by atoms with Crippen molar-refractivity contribution in [2.24, 2.45) is 46.3 Å². The zero-order chi connectivity index (χ0) is 56.8. The van der Waals surface area contributed by atoms with Gasteiger partial charge in [-0.2, -0.15) is 0 Å². The largest absolute Gasteiger partial charge is 0.514 e. The molecule has 0 heterocycles. The normalized spacial score (nSPS) is 24.1. The Labute approximate surface area is 473 Å². The van der Waals surface area contributed by atoms with E-state index in [1.807, 2.05) is 36.4 Å². The highest BCUT2D eigenvalue weighted by molar-refractivity contribution is 6.00. The molecule has 428 valence electrons. The molecule has 3 N–H and O–H groups in total. The summed E-state index contributed by atoms with van der Waals surface area (Å²) in [5, 5.41) is 19.6. The number of nitro benzene ring substituents is 1. The van der Waals surface area contributed by atoms with Gasteiger partial charge in [0.2, 0.25) is 17.7 Å². The average Bonchev–Trinajstić information content (AvgIpc) is 4.04. The Kier molecular flexibility index (Phi) is 20.6. The average molecular weight is 1090 g/mol. The molecule has 80 heavy (non-hydrogen) atoms. The van der Waals surface area contributed by atoms with Crippen LogP contribution in [0.1, 0.15) is 154 Å². The smallest absolute Gasteiger partial charge is 0.429 e. The van der Waals surface area contributed by atoms with Crippen LogP contribution in [-0.2, 0) is 41.7 Å². The van der Waals surface area contributed by atoms with Gasteiger partial charge in [0.15, 0.2) is 5.78 Å². The molecule has 3 amide bonds. The van der Waals surface area contributed by atoms with Gasteiger partial charge in [-0.05, 0) is 152 Å². The molecule has 10 atom stereocenters. The van der Waals surface area contributed by atoms with Crippen LogP contribution in [0.2, 0.25) is 0 Å². The molecule has 0 spiro atoms. The van der Waals surface area contributed by atoms with Crippen LogP contribution in [0.15, 0.2) is 121 Å². The Morgan fingerprint density at radius 3 is 2.17 bits per heavy atom. The predicted octanol–water partition coefficient (Wildman–Crippen LogP) is 13.4. The van der Waals surface area contributed by atoms with Crippen molar-refractivity contribution in [2.75, 3.05) is 18.5 Å². The van der Waals surface area contributed by atoms with E-state index in [9.17, 15) is 34.1 Å². The summed E-state index contributed by atoms with van der Waals surface area (Å²) in [6.07, 6.45) is 16.4. The van der Waals surface area contributed by atoms with Gasteiger partial charge in [-0.25, -0.2) is 4.79 Å². The Morgan fingerprint density at radius 1 is 0.750 bits per heavy atom. The molecule has 14 nitrogen and oxygen atoms in total. The second-order valence-electron chi connectivity index (χ2n) is 24.2. The first kappa shape index (κ1) is 59.5. The third-order valence-corrected chi connectivity index (χ3v) is 18.6. The number of nitro groups is 1. The molecule has 4 aromatic carbocycles. The van der Waals surface area contributed by atoms with E-state index in [2.05, 4.69) is 56.6 Å².